The second-order valence-electron chi connectivity index (χ2n) is 5.83. The summed E-state index contributed by atoms with van der Waals surface area (Å²) < 4.78 is 4.63. The molecule has 1 N–H and O–H groups in total. The van der Waals surface area contributed by atoms with Gasteiger partial charge in [0.15, 0.2) is 6.04 Å². The third-order valence-corrected chi connectivity index (χ3v) is 4.80. The Kier molecular flexibility index (Phi) is 4.55. The molecule has 0 aromatic heterocycles. The summed E-state index contributed by atoms with van der Waals surface area (Å²) in [4.78, 5) is 51.4. The van der Waals surface area contributed by atoms with Crippen LogP contribution in [0.25, 0.3) is 0 Å². The van der Waals surface area contributed by atoms with Crippen LogP contribution in [0.1, 0.15) is 27.6 Å². The number of carbonyl (C=O) groups is 4. The van der Waals surface area contributed by atoms with Gasteiger partial charge < -0.3 is 9.84 Å². The maximum atomic E-state index is 12.7. The minimum Gasteiger partial charge on any atom is -0.464 e. The fourth-order valence-electron chi connectivity index (χ4n) is 3.02. The van der Waals surface area contributed by atoms with E-state index in [0.717, 1.165) is 16.9 Å². The first-order chi connectivity index (χ1) is 12.3. The summed E-state index contributed by atoms with van der Waals surface area (Å²) in [6.07, 6.45) is 0. The smallest absolute Gasteiger partial charge is 0.354 e. The van der Waals surface area contributed by atoms with Gasteiger partial charge in [-0.25, -0.2) is 4.79 Å². The number of methoxy groups -OCH3 is 1. The summed E-state index contributed by atoms with van der Waals surface area (Å²) in [5.41, 5.74) is -0.782. The third-order valence-electron chi connectivity index (χ3n) is 4.36. The molecule has 2 aliphatic rings. The number of likely N-dealkylation sites (tertiary alicyclic amines) is 1. The van der Waals surface area contributed by atoms with E-state index in [2.05, 4.69) is 4.74 Å². The molecule has 0 aliphatic carbocycles. The number of esters is 1. The number of ether oxygens (including phenoxy) is 1. The second-order valence-corrected chi connectivity index (χ2v) is 6.28. The highest BCUT2D eigenvalue weighted by Crippen LogP contribution is 2.37. The van der Waals surface area contributed by atoms with E-state index < -0.39 is 41.8 Å². The molecule has 0 saturated carbocycles. The number of aliphatic hydroxyl groups is 1. The molecule has 2 atom stereocenters. The van der Waals surface area contributed by atoms with E-state index in [-0.39, 0.29) is 22.4 Å². The van der Waals surface area contributed by atoms with Crippen molar-refractivity contribution in [1.29, 1.82) is 0 Å². The zero-order valence-electron chi connectivity index (χ0n) is 13.9. The van der Waals surface area contributed by atoms with E-state index in [1.807, 2.05) is 0 Å². The number of amides is 3. The van der Waals surface area contributed by atoms with Crippen LogP contribution < -0.4 is 0 Å². The van der Waals surface area contributed by atoms with Crippen LogP contribution in [0.3, 0.4) is 0 Å². The van der Waals surface area contributed by atoms with Crippen molar-refractivity contribution in [3.05, 3.63) is 46.7 Å². The molecule has 1 aromatic carbocycles. The summed E-state index contributed by atoms with van der Waals surface area (Å²) in [6.45, 7) is 0.952. The lowest BCUT2D eigenvalue weighted by molar-refractivity contribution is -0.153. The maximum absolute atomic E-state index is 12.7. The number of hydrogen-bond donors (Lipinski definition) is 1. The van der Waals surface area contributed by atoms with E-state index in [0.29, 0.717) is 0 Å². The van der Waals surface area contributed by atoms with Crippen LogP contribution in [0.5, 0.6) is 0 Å². The second kappa shape index (κ2) is 6.54. The molecule has 136 valence electrons. The van der Waals surface area contributed by atoms with Crippen LogP contribution in [0.15, 0.2) is 35.5 Å². The van der Waals surface area contributed by atoms with E-state index in [9.17, 15) is 24.3 Å². The Morgan fingerprint density at radius 2 is 1.73 bits per heavy atom. The summed E-state index contributed by atoms with van der Waals surface area (Å²) in [7, 11) is 1.13. The van der Waals surface area contributed by atoms with Gasteiger partial charge in [-0.1, -0.05) is 23.7 Å². The fourth-order valence-corrected chi connectivity index (χ4v) is 3.43. The molecule has 0 radical (unpaired) electrons. The fraction of sp³-hybridized carbons (Fsp3) is 0.294. The Bertz CT molecular complexity index is 830. The van der Waals surface area contributed by atoms with Crippen molar-refractivity contribution >= 4 is 35.3 Å². The summed E-state index contributed by atoms with van der Waals surface area (Å²) in [5, 5.41) is 9.31. The predicted molar refractivity (Wildman–Crippen MR) is 89.0 cm³/mol. The number of alkyl halides is 1. The quantitative estimate of drug-likeness (QED) is 0.204. The lowest BCUT2D eigenvalue weighted by atomic mass is 10.0. The van der Waals surface area contributed by atoms with Gasteiger partial charge in [0.25, 0.3) is 17.7 Å². The summed E-state index contributed by atoms with van der Waals surface area (Å²) in [5.74, 6) is -2.78. The molecule has 1 aromatic rings. The van der Waals surface area contributed by atoms with Crippen molar-refractivity contribution in [3.8, 4) is 0 Å². The number of benzene rings is 1. The van der Waals surface area contributed by atoms with E-state index in [4.69, 9.17) is 11.6 Å². The molecule has 8 nitrogen and oxygen atoms in total. The van der Waals surface area contributed by atoms with Gasteiger partial charge in [0.1, 0.15) is 11.2 Å². The molecule has 9 heteroatoms. The zero-order valence-corrected chi connectivity index (χ0v) is 14.7. The average molecular weight is 379 g/mol. The molecule has 2 aliphatic heterocycles. The SMILES string of the molecule is COC(=O)C(=C(C)CO)N1C(=O)[C@H](N2C(=O)c3ccccc3C2=O)[C@H]1Cl. The highest BCUT2D eigenvalue weighted by atomic mass is 35.5. The number of rotatable bonds is 4. The Hall–Kier alpha value is -2.71. The van der Waals surface area contributed by atoms with Crippen LogP contribution in [0.4, 0.5) is 0 Å². The molecule has 0 unspecified atom stereocenters. The predicted octanol–water partition coefficient (Wildman–Crippen LogP) is 0.498. The topological polar surface area (TPSA) is 104 Å². The van der Waals surface area contributed by atoms with Gasteiger partial charge in [-0.05, 0) is 24.6 Å². The van der Waals surface area contributed by atoms with Crippen molar-refractivity contribution in [2.75, 3.05) is 13.7 Å². The largest absolute Gasteiger partial charge is 0.464 e. The lowest BCUT2D eigenvalue weighted by Crippen LogP contribution is -2.69. The minimum absolute atomic E-state index is 0.177. The highest BCUT2D eigenvalue weighted by molar-refractivity contribution is 6.30. The van der Waals surface area contributed by atoms with Gasteiger partial charge >= 0.3 is 5.97 Å². The first kappa shape index (κ1) is 18.1. The van der Waals surface area contributed by atoms with Gasteiger partial charge in [0.05, 0.1) is 24.8 Å². The van der Waals surface area contributed by atoms with Gasteiger partial charge in [-0.3, -0.25) is 24.2 Å². The minimum atomic E-state index is -1.24. The van der Waals surface area contributed by atoms with E-state index >= 15 is 0 Å². The standard InChI is InChI=1S/C17H15ClN2O6/c1-8(7-21)11(17(25)26-2)19-13(18)12(16(19)24)20-14(22)9-5-3-4-6-10(9)15(20)23/h3-6,12-13,21H,7H2,1-2H3/t12-,13+/m1/s1. The van der Waals surface area contributed by atoms with Crippen molar-refractivity contribution in [1.82, 2.24) is 9.80 Å². The Morgan fingerprint density at radius 3 is 2.15 bits per heavy atom. The average Bonchev–Trinajstić information content (AvgIpc) is 2.90. The number of imide groups is 1. The van der Waals surface area contributed by atoms with Gasteiger partial charge in [0, 0.05) is 0 Å². The lowest BCUT2D eigenvalue weighted by Gasteiger charge is -2.46. The van der Waals surface area contributed by atoms with Gasteiger partial charge in [0.2, 0.25) is 0 Å². The molecule has 0 bridgehead atoms. The first-order valence-electron chi connectivity index (χ1n) is 7.68. The maximum Gasteiger partial charge on any atom is 0.354 e. The molecular weight excluding hydrogens is 364 g/mol. The number of carbonyl (C=O) groups excluding carboxylic acids is 4. The Labute approximate surface area is 153 Å². The van der Waals surface area contributed by atoms with Crippen LogP contribution in [-0.2, 0) is 14.3 Å². The number of hydrogen-bond acceptors (Lipinski definition) is 6. The van der Waals surface area contributed by atoms with Crippen molar-refractivity contribution in [3.63, 3.8) is 0 Å². The monoisotopic (exact) mass is 378 g/mol. The highest BCUT2D eigenvalue weighted by Gasteiger charge is 2.58. The molecule has 26 heavy (non-hydrogen) atoms. The molecule has 1 saturated heterocycles. The van der Waals surface area contributed by atoms with Gasteiger partial charge in [-0.2, -0.15) is 0 Å². The van der Waals surface area contributed by atoms with Crippen molar-refractivity contribution in [2.45, 2.75) is 18.5 Å². The van der Waals surface area contributed by atoms with Gasteiger partial charge in [-0.15, -0.1) is 0 Å². The molecule has 2 heterocycles. The molecule has 0 spiro atoms. The van der Waals surface area contributed by atoms with Crippen LogP contribution in [-0.4, -0.2) is 63.9 Å². The third kappa shape index (κ3) is 2.41. The molecule has 1 fully saturated rings. The zero-order chi connectivity index (χ0) is 19.2. The molecule has 3 amide bonds. The number of β-lactam (4-membered cyclic amide) rings is 1. The summed E-state index contributed by atoms with van der Waals surface area (Å²) in [6, 6.07) is 4.98. The van der Waals surface area contributed by atoms with E-state index in [1.54, 1.807) is 12.1 Å². The van der Waals surface area contributed by atoms with Crippen molar-refractivity contribution < 1.29 is 29.0 Å². The van der Waals surface area contributed by atoms with E-state index in [1.165, 1.54) is 19.1 Å². The number of nitrogens with zero attached hydrogens (tertiary/aromatic N) is 2. The number of aliphatic hydroxyl groups excluding tert-OH is 1. The summed E-state index contributed by atoms with van der Waals surface area (Å²) >= 11 is 6.26. The number of fused-ring (bicyclic) bond motifs is 1. The van der Waals surface area contributed by atoms with Crippen LogP contribution in [0.2, 0.25) is 0 Å². The normalized spacial score (nSPS) is 22.8. The van der Waals surface area contributed by atoms with Crippen LogP contribution >= 0.6 is 11.6 Å². The number of halogens is 1. The first-order valence-corrected chi connectivity index (χ1v) is 8.11. The van der Waals surface area contributed by atoms with Crippen molar-refractivity contribution in [2.24, 2.45) is 0 Å². The molecule has 3 rings (SSSR count). The van der Waals surface area contributed by atoms with Crippen LogP contribution in [0, 0.1) is 0 Å². The Morgan fingerprint density at radius 1 is 1.19 bits per heavy atom. The molecular formula is C17H15ClN2O6. The Balaban J connectivity index is 1.93.